The SMILES string of the molecule is O.O.O.O.O.O.O.O.O.O.O.O.O.O=C(Cn1cc(CO[C@@H]2O[C@H](CO)[C@H](O)[C@H](O)[C@H]2O)nn1)NC(C[OH2+])(C[OH2+])C[OH2+].O=C(Cn1cc(CO[C@@H]2O[C@H](CO)[C@H](O)[C@H](O)[C@H]2O)nn1)NC(C[OH2+])(C[OH2+])C[OH2+].[V].[V].[V].[V].[V].[V]. The maximum Gasteiger partial charge on any atom is 0.245 e. The van der Waals surface area contributed by atoms with Gasteiger partial charge in [0, 0.05) is 111 Å². The van der Waals surface area contributed by atoms with Crippen molar-refractivity contribution in [2.45, 2.75) is 98.8 Å². The van der Waals surface area contributed by atoms with E-state index >= 15 is 0 Å². The van der Waals surface area contributed by atoms with Crippen LogP contribution < -0.4 is 10.6 Å². The molecule has 2 aliphatic heterocycles. The number of aliphatic hydroxyl groups is 8. The summed E-state index contributed by atoms with van der Waals surface area (Å²) in [6, 6.07) is 0. The van der Waals surface area contributed by atoms with E-state index in [1.165, 1.54) is 21.8 Å². The molecule has 2 amide bonds. The van der Waals surface area contributed by atoms with E-state index in [1.807, 2.05) is 0 Å². The van der Waals surface area contributed by atoms with Crippen LogP contribution in [-0.2, 0) is 166 Å². The summed E-state index contributed by atoms with van der Waals surface area (Å²) in [6.07, 6.45) is -11.2. The Bertz CT molecular complexity index is 1450. The normalized spacial score (nSPS) is 20.9. The van der Waals surface area contributed by atoms with Gasteiger partial charge in [0.1, 0.15) is 73.3 Å². The van der Waals surface area contributed by atoms with Gasteiger partial charge in [0.2, 0.25) is 22.9 Å². The number of carbonyl (C=O) groups excluding carboxylic acids is 2. The molecule has 2 aromatic rings. The molecule has 0 saturated carbocycles. The van der Waals surface area contributed by atoms with Gasteiger partial charge in [0.25, 0.3) is 0 Å². The maximum absolute atomic E-state index is 12.1. The Morgan fingerprint density at radius 1 is 0.481 bits per heavy atom. The van der Waals surface area contributed by atoms with Crippen LogP contribution in [0.15, 0.2) is 12.4 Å². The number of hydrogen-bond donors (Lipinski definition) is 10. The molecule has 2 aromatic heterocycles. The number of carbonyl (C=O) groups is 2. The molecule has 6 radical (unpaired) electrons. The van der Waals surface area contributed by atoms with Gasteiger partial charge in [-0.3, -0.25) is 9.59 Å². The molecule has 4 heterocycles. The molecule has 47 heteroatoms. The van der Waals surface area contributed by atoms with E-state index < -0.39 is 97.5 Å². The summed E-state index contributed by atoms with van der Waals surface area (Å²) in [7, 11) is 0. The first-order chi connectivity index (χ1) is 27.6. The number of hydrogen-bond acceptors (Lipinski definition) is 18. The second-order valence-corrected chi connectivity index (χ2v) is 13.5. The van der Waals surface area contributed by atoms with Crippen LogP contribution in [0, 0.1) is 0 Å². The first-order valence-electron chi connectivity index (χ1n) is 17.7. The van der Waals surface area contributed by atoms with Gasteiger partial charge in [-0.05, 0) is 0 Å². The minimum Gasteiger partial charge on any atom is -0.443 e. The largest absolute Gasteiger partial charge is 0.443 e. The van der Waals surface area contributed by atoms with Crippen LogP contribution in [0.25, 0.3) is 0 Å². The van der Waals surface area contributed by atoms with Crippen molar-refractivity contribution < 1.29 is 283 Å². The van der Waals surface area contributed by atoms with Gasteiger partial charge in [-0.15, -0.1) is 10.2 Å². The summed E-state index contributed by atoms with van der Waals surface area (Å²) in [5, 5.41) is 142. The van der Waals surface area contributed by atoms with Crippen molar-refractivity contribution in [2.24, 2.45) is 0 Å². The molecule has 0 aliphatic carbocycles. The third kappa shape index (κ3) is 35.3. The Morgan fingerprint density at radius 3 is 0.948 bits per heavy atom. The number of aliphatic hydroxyl groups excluding tert-OH is 8. The fourth-order valence-corrected chi connectivity index (χ4v) is 5.31. The zero-order chi connectivity index (χ0) is 43.2. The minimum atomic E-state index is -1.56. The van der Waals surface area contributed by atoms with Gasteiger partial charge in [-0.25, -0.2) is 9.36 Å². The number of nitrogens with zero attached hydrogens (tertiary/aromatic N) is 6. The Hall–Kier alpha value is -0.514. The van der Waals surface area contributed by atoms with E-state index in [-0.39, 0.29) is 260 Å². The Balaban J connectivity index is -0.0000000500. The van der Waals surface area contributed by atoms with E-state index in [1.54, 1.807) is 0 Å². The van der Waals surface area contributed by atoms with E-state index in [9.17, 15) is 40.2 Å². The summed E-state index contributed by atoms with van der Waals surface area (Å²) in [5.41, 5.74) is -1.90. The topological polar surface area (TPSA) is 865 Å². The monoisotopic (exact) mass is 1390 g/mol. The van der Waals surface area contributed by atoms with E-state index in [4.69, 9.17) is 59.8 Å². The minimum absolute atomic E-state index is 0. The summed E-state index contributed by atoms with van der Waals surface area (Å²) < 4.78 is 23.5. The quantitative estimate of drug-likeness (QED) is 0.0550. The second kappa shape index (κ2) is 60.1. The first kappa shape index (κ1) is 123. The number of nitrogens with one attached hydrogen (secondary N) is 2. The van der Waals surface area contributed by atoms with Gasteiger partial charge in [0.05, 0.1) is 38.8 Å². The molecule has 0 spiro atoms. The molecule has 4 rings (SSSR count). The average Bonchev–Trinajstić information content (AvgIpc) is 3.88. The molecule has 77 heavy (non-hydrogen) atoms. The van der Waals surface area contributed by atoms with E-state index in [0.29, 0.717) is 0 Å². The molecule has 2 fully saturated rings. The van der Waals surface area contributed by atoms with Crippen LogP contribution in [0.1, 0.15) is 11.4 Å². The molecule has 48 N–H and O–H groups in total. The zero-order valence-corrected chi connectivity index (χ0v) is 48.7. The van der Waals surface area contributed by atoms with Crippen LogP contribution in [0.3, 0.4) is 0 Å². The van der Waals surface area contributed by atoms with Crippen molar-refractivity contribution in [3.8, 4) is 0 Å². The van der Waals surface area contributed by atoms with Gasteiger partial charge in [-0.2, -0.15) is 0 Å². The molecule has 2 saturated heterocycles. The standard InChI is InChI=1S/2C15H26N4O10.13H2O.6V/c2*20-3-9-11(25)12(26)13(27)14(29-9)28-4-8-1-19(18-17-8)2-10(24)16-15(5-21,6-22)7-23;;;;;;;;;;;;;;;;;;;/h2*1,9,11-14,20-23,25-27H,2-7H2,(H,16,24);13*1H2;;;;;;/p+6/t2*9-,11+,12+,13-,14-;;;;;;;;;;;;;;;;;;;/m11.................../s1. The number of ether oxygens (including phenoxy) is 4. The number of amides is 2. The Morgan fingerprint density at radius 2 is 0.727 bits per heavy atom. The molecule has 2 aliphatic rings. The van der Waals surface area contributed by atoms with Crippen LogP contribution in [0.4, 0.5) is 0 Å². The van der Waals surface area contributed by atoms with Gasteiger partial charge < -0.3 is 172 Å². The third-order valence-corrected chi connectivity index (χ3v) is 9.11. The Kier molecular flexibility index (Phi) is 96.1. The fourth-order valence-electron chi connectivity index (χ4n) is 5.31. The average molecular weight is 1390 g/mol. The Labute approximate surface area is 507 Å². The predicted molar refractivity (Wildman–Crippen MR) is 237 cm³/mol. The van der Waals surface area contributed by atoms with Crippen LogP contribution in [0.2, 0.25) is 0 Å². The molecule has 466 valence electrons. The second-order valence-electron chi connectivity index (χ2n) is 13.5. The summed E-state index contributed by atoms with van der Waals surface area (Å²) in [5.74, 6) is -1.05. The molecule has 41 nitrogen and oxygen atoms in total. The predicted octanol–water partition coefficient (Wildman–Crippen LogP) is -23.5. The number of rotatable bonds is 20. The van der Waals surface area contributed by atoms with Gasteiger partial charge >= 0.3 is 0 Å². The van der Waals surface area contributed by atoms with Crippen molar-refractivity contribution >= 4 is 11.8 Å². The van der Waals surface area contributed by atoms with Crippen LogP contribution >= 0.6 is 0 Å². The zero-order valence-electron chi connectivity index (χ0n) is 40.3. The van der Waals surface area contributed by atoms with E-state index in [0.717, 1.165) is 0 Å². The van der Waals surface area contributed by atoms with Crippen molar-refractivity contribution in [3.63, 3.8) is 0 Å². The van der Waals surface area contributed by atoms with Crippen LogP contribution in [0.5, 0.6) is 0 Å². The molecule has 0 aromatic carbocycles. The molecule has 0 unspecified atom stereocenters. The third-order valence-electron chi connectivity index (χ3n) is 9.11. The number of aromatic nitrogens is 6. The van der Waals surface area contributed by atoms with Crippen molar-refractivity contribution in [2.75, 3.05) is 52.9 Å². The van der Waals surface area contributed by atoms with Crippen LogP contribution in [-0.4, -0.2) is 310 Å². The smallest absolute Gasteiger partial charge is 0.245 e. The van der Waals surface area contributed by atoms with Crippen molar-refractivity contribution in [1.29, 1.82) is 0 Å². The first-order valence-corrected chi connectivity index (χ1v) is 17.7. The summed E-state index contributed by atoms with van der Waals surface area (Å²) in [6.45, 7) is -3.77. The summed E-state index contributed by atoms with van der Waals surface area (Å²) >= 11 is 0. The molecular weight excluding hydrogens is 1310 g/mol. The van der Waals surface area contributed by atoms with Gasteiger partial charge in [0.15, 0.2) is 52.2 Å². The van der Waals surface area contributed by atoms with Gasteiger partial charge in [-0.1, -0.05) is 10.4 Å². The molecule has 0 bridgehead atoms. The maximum atomic E-state index is 12.1. The van der Waals surface area contributed by atoms with Crippen molar-refractivity contribution in [3.05, 3.63) is 23.8 Å². The fraction of sp³-hybridized carbons (Fsp3) is 0.800. The molecular formula is C30H84N8O33V6+6. The summed E-state index contributed by atoms with van der Waals surface area (Å²) in [4.78, 5) is 24.2. The molecule has 10 atom stereocenters. The van der Waals surface area contributed by atoms with E-state index in [2.05, 4.69) is 31.3 Å². The van der Waals surface area contributed by atoms with Crippen molar-refractivity contribution in [1.82, 2.24) is 40.6 Å².